The van der Waals surface area contributed by atoms with E-state index in [0.717, 1.165) is 30.9 Å². The van der Waals surface area contributed by atoms with Gasteiger partial charge in [-0.25, -0.2) is 0 Å². The van der Waals surface area contributed by atoms with Crippen LogP contribution in [-0.2, 0) is 24.3 Å². The number of hydrogen-bond donors (Lipinski definition) is 3. The van der Waals surface area contributed by atoms with Crippen molar-refractivity contribution in [3.8, 4) is 0 Å². The van der Waals surface area contributed by atoms with Gasteiger partial charge in [-0.1, -0.05) is 36.4 Å². The Labute approximate surface area is 190 Å². The summed E-state index contributed by atoms with van der Waals surface area (Å²) in [6.45, 7) is 5.51. The third-order valence-corrected chi connectivity index (χ3v) is 5.48. The standard InChI is InChI=1S/C25H33N5O2/c1-3-27-25(29-15-13-19-8-6-11-20(16-19)24(32)26-2)28-14-7-12-23(31)30-17-21-9-4-5-10-22(21)18-30/h4-6,8-11,16H,3,7,12-15,17-18H2,1-2H3,(H,26,32)(H2,27,28,29). The molecule has 1 aliphatic rings. The van der Waals surface area contributed by atoms with Gasteiger partial charge in [0.15, 0.2) is 5.96 Å². The monoisotopic (exact) mass is 435 g/mol. The van der Waals surface area contributed by atoms with Crippen LogP contribution in [-0.4, -0.2) is 49.4 Å². The molecule has 0 atom stereocenters. The lowest BCUT2D eigenvalue weighted by Gasteiger charge is -2.15. The first kappa shape index (κ1) is 23.3. The average molecular weight is 436 g/mol. The Hall–Kier alpha value is -3.35. The number of fused-ring (bicyclic) bond motifs is 1. The molecule has 0 saturated carbocycles. The van der Waals surface area contributed by atoms with Gasteiger partial charge >= 0.3 is 0 Å². The number of nitrogens with one attached hydrogen (secondary N) is 3. The Balaban J connectivity index is 1.41. The number of nitrogens with zero attached hydrogens (tertiary/aromatic N) is 2. The van der Waals surface area contributed by atoms with Crippen molar-refractivity contribution in [2.24, 2.45) is 4.99 Å². The fourth-order valence-electron chi connectivity index (χ4n) is 3.77. The van der Waals surface area contributed by atoms with E-state index in [0.29, 0.717) is 38.2 Å². The molecule has 7 nitrogen and oxygen atoms in total. The topological polar surface area (TPSA) is 85.8 Å². The van der Waals surface area contributed by atoms with E-state index in [1.165, 1.54) is 11.1 Å². The van der Waals surface area contributed by atoms with Crippen LogP contribution in [0.15, 0.2) is 53.5 Å². The van der Waals surface area contributed by atoms with Gasteiger partial charge in [-0.15, -0.1) is 0 Å². The summed E-state index contributed by atoms with van der Waals surface area (Å²) in [7, 11) is 1.63. The summed E-state index contributed by atoms with van der Waals surface area (Å²) in [6, 6.07) is 15.9. The van der Waals surface area contributed by atoms with Crippen LogP contribution in [0.1, 0.15) is 46.8 Å². The first-order valence-corrected chi connectivity index (χ1v) is 11.3. The first-order valence-electron chi connectivity index (χ1n) is 11.3. The molecule has 0 unspecified atom stereocenters. The molecule has 0 saturated heterocycles. The van der Waals surface area contributed by atoms with Crippen molar-refractivity contribution in [2.45, 2.75) is 39.3 Å². The molecule has 170 valence electrons. The second-order valence-corrected chi connectivity index (χ2v) is 7.84. The van der Waals surface area contributed by atoms with E-state index < -0.39 is 0 Å². The number of carbonyl (C=O) groups excluding carboxylic acids is 2. The van der Waals surface area contributed by atoms with Crippen LogP contribution in [0.5, 0.6) is 0 Å². The van der Waals surface area contributed by atoms with Gasteiger partial charge in [-0.3, -0.25) is 14.6 Å². The van der Waals surface area contributed by atoms with Crippen LogP contribution in [0.2, 0.25) is 0 Å². The number of rotatable bonds is 9. The molecule has 2 amide bonds. The second-order valence-electron chi connectivity index (χ2n) is 7.84. The van der Waals surface area contributed by atoms with E-state index in [9.17, 15) is 9.59 Å². The van der Waals surface area contributed by atoms with E-state index in [-0.39, 0.29) is 11.8 Å². The summed E-state index contributed by atoms with van der Waals surface area (Å²) >= 11 is 0. The van der Waals surface area contributed by atoms with Crippen LogP contribution in [0.4, 0.5) is 0 Å². The fraction of sp³-hybridized carbons (Fsp3) is 0.400. The van der Waals surface area contributed by atoms with Gasteiger partial charge in [0.25, 0.3) is 5.91 Å². The van der Waals surface area contributed by atoms with Crippen molar-refractivity contribution in [1.82, 2.24) is 20.9 Å². The zero-order chi connectivity index (χ0) is 22.8. The van der Waals surface area contributed by atoms with Gasteiger partial charge in [0.2, 0.25) is 5.91 Å². The molecule has 1 aliphatic heterocycles. The van der Waals surface area contributed by atoms with Crippen molar-refractivity contribution in [2.75, 3.05) is 26.7 Å². The lowest BCUT2D eigenvalue weighted by atomic mass is 10.1. The van der Waals surface area contributed by atoms with Crippen LogP contribution >= 0.6 is 0 Å². The lowest BCUT2D eigenvalue weighted by Crippen LogP contribution is -2.38. The molecule has 0 bridgehead atoms. The number of guanidine groups is 1. The van der Waals surface area contributed by atoms with Crippen LogP contribution < -0.4 is 16.0 Å². The molecular formula is C25H33N5O2. The van der Waals surface area contributed by atoms with Crippen molar-refractivity contribution in [3.05, 3.63) is 70.8 Å². The number of amides is 2. The normalized spacial score (nSPS) is 12.9. The summed E-state index contributed by atoms with van der Waals surface area (Å²) in [5, 5.41) is 9.22. The summed E-state index contributed by atoms with van der Waals surface area (Å²) in [5.41, 5.74) is 4.25. The number of carbonyl (C=O) groups is 2. The Bertz CT molecular complexity index is 932. The average Bonchev–Trinajstić information content (AvgIpc) is 3.26. The van der Waals surface area contributed by atoms with Gasteiger partial charge < -0.3 is 20.9 Å². The molecular weight excluding hydrogens is 402 g/mol. The van der Waals surface area contributed by atoms with E-state index in [1.54, 1.807) is 7.05 Å². The molecule has 7 heteroatoms. The Kier molecular flexibility index (Phi) is 8.66. The molecule has 2 aromatic carbocycles. The molecule has 0 aliphatic carbocycles. The van der Waals surface area contributed by atoms with E-state index in [1.807, 2.05) is 48.2 Å². The molecule has 0 aromatic heterocycles. The highest BCUT2D eigenvalue weighted by atomic mass is 16.2. The van der Waals surface area contributed by atoms with Crippen molar-refractivity contribution in [1.29, 1.82) is 0 Å². The Morgan fingerprint density at radius 3 is 2.47 bits per heavy atom. The maximum absolute atomic E-state index is 12.5. The largest absolute Gasteiger partial charge is 0.357 e. The molecule has 0 fully saturated rings. The molecule has 3 N–H and O–H groups in total. The maximum atomic E-state index is 12.5. The Morgan fingerprint density at radius 1 is 1.03 bits per heavy atom. The van der Waals surface area contributed by atoms with Crippen LogP contribution in [0.3, 0.4) is 0 Å². The summed E-state index contributed by atoms with van der Waals surface area (Å²) in [6.07, 6.45) is 2.00. The number of hydrogen-bond acceptors (Lipinski definition) is 3. The highest BCUT2D eigenvalue weighted by Crippen LogP contribution is 2.22. The molecule has 32 heavy (non-hydrogen) atoms. The lowest BCUT2D eigenvalue weighted by molar-refractivity contribution is -0.131. The van der Waals surface area contributed by atoms with E-state index >= 15 is 0 Å². The van der Waals surface area contributed by atoms with Gasteiger partial charge in [-0.05, 0) is 48.6 Å². The number of aliphatic imine (C=N–C) groups is 1. The van der Waals surface area contributed by atoms with E-state index in [4.69, 9.17) is 0 Å². The summed E-state index contributed by atoms with van der Waals surface area (Å²) in [5.74, 6) is 0.850. The molecule has 3 rings (SSSR count). The molecule has 1 heterocycles. The zero-order valence-electron chi connectivity index (χ0n) is 19.0. The highest BCUT2D eigenvalue weighted by molar-refractivity contribution is 5.94. The minimum atomic E-state index is -0.0814. The Morgan fingerprint density at radius 2 is 1.78 bits per heavy atom. The zero-order valence-corrected chi connectivity index (χ0v) is 19.0. The van der Waals surface area contributed by atoms with Crippen molar-refractivity contribution < 1.29 is 9.59 Å². The summed E-state index contributed by atoms with van der Waals surface area (Å²) in [4.78, 5) is 30.8. The van der Waals surface area contributed by atoms with Gasteiger partial charge in [-0.2, -0.15) is 0 Å². The predicted molar refractivity (Wildman–Crippen MR) is 127 cm³/mol. The van der Waals surface area contributed by atoms with Gasteiger partial charge in [0, 0.05) is 51.8 Å². The van der Waals surface area contributed by atoms with Crippen LogP contribution in [0, 0.1) is 0 Å². The molecule has 0 spiro atoms. The predicted octanol–water partition coefficient (Wildman–Crippen LogP) is 2.47. The minimum Gasteiger partial charge on any atom is -0.357 e. The quantitative estimate of drug-likeness (QED) is 0.321. The third-order valence-electron chi connectivity index (χ3n) is 5.48. The second kappa shape index (κ2) is 11.9. The van der Waals surface area contributed by atoms with E-state index in [2.05, 4.69) is 33.1 Å². The van der Waals surface area contributed by atoms with Crippen LogP contribution in [0.25, 0.3) is 0 Å². The maximum Gasteiger partial charge on any atom is 0.251 e. The molecule has 2 aromatic rings. The summed E-state index contributed by atoms with van der Waals surface area (Å²) < 4.78 is 0. The smallest absolute Gasteiger partial charge is 0.251 e. The molecule has 0 radical (unpaired) electrons. The first-order chi connectivity index (χ1) is 15.6. The fourth-order valence-corrected chi connectivity index (χ4v) is 3.77. The SMILES string of the molecule is CCNC(=NCCCC(=O)N1Cc2ccccc2C1)NCCc1cccc(C(=O)NC)c1. The van der Waals surface area contributed by atoms with Crippen molar-refractivity contribution in [3.63, 3.8) is 0 Å². The van der Waals surface area contributed by atoms with Crippen molar-refractivity contribution >= 4 is 17.8 Å². The minimum absolute atomic E-state index is 0.0814. The third kappa shape index (κ3) is 6.57. The highest BCUT2D eigenvalue weighted by Gasteiger charge is 2.22. The van der Waals surface area contributed by atoms with Gasteiger partial charge in [0.05, 0.1) is 0 Å². The number of benzene rings is 2. The van der Waals surface area contributed by atoms with Gasteiger partial charge in [0.1, 0.15) is 0 Å².